The summed E-state index contributed by atoms with van der Waals surface area (Å²) >= 11 is 6.15. The number of nitrogens with zero attached hydrogens (tertiary/aromatic N) is 1. The highest BCUT2D eigenvalue weighted by Gasteiger charge is 2.33. The molecular formula is C25H29ClN2. The van der Waals surface area contributed by atoms with E-state index in [0.717, 1.165) is 17.0 Å². The molecule has 1 saturated heterocycles. The molecule has 0 radical (unpaired) electrons. The van der Waals surface area contributed by atoms with Crippen LogP contribution in [-0.2, 0) is 12.8 Å². The number of halogens is 1. The third kappa shape index (κ3) is 3.27. The number of H-pyrrole nitrogens is 1. The van der Waals surface area contributed by atoms with Crippen LogP contribution >= 0.6 is 11.6 Å². The fourth-order valence-corrected chi connectivity index (χ4v) is 5.93. The molecule has 2 heterocycles. The van der Waals surface area contributed by atoms with Gasteiger partial charge in [0.2, 0.25) is 0 Å². The van der Waals surface area contributed by atoms with Gasteiger partial charge in [0.15, 0.2) is 0 Å². The van der Waals surface area contributed by atoms with Gasteiger partial charge in [-0.2, -0.15) is 0 Å². The molecule has 5 rings (SSSR count). The van der Waals surface area contributed by atoms with Crippen molar-refractivity contribution in [1.82, 2.24) is 9.88 Å². The summed E-state index contributed by atoms with van der Waals surface area (Å²) in [5.74, 6) is 1.44. The lowest BCUT2D eigenvalue weighted by Gasteiger charge is -2.40. The van der Waals surface area contributed by atoms with Gasteiger partial charge in [0.1, 0.15) is 0 Å². The lowest BCUT2D eigenvalue weighted by molar-refractivity contribution is 0.107. The number of rotatable bonds is 4. The maximum absolute atomic E-state index is 6.15. The monoisotopic (exact) mass is 392 g/mol. The summed E-state index contributed by atoms with van der Waals surface area (Å²) in [7, 11) is 0. The molecule has 2 aliphatic rings. The standard InChI is InChI=1S/C25H29ClN2/c1-2-25(20-13-18-5-3-4-6-19(18)14-20)28-11-9-17(10-12-28)23-16-27-24-15-21(26)7-8-22(23)24/h3-8,15-17,20,25,27H,2,9-14H2,1H3. The van der Waals surface area contributed by atoms with E-state index in [-0.39, 0.29) is 0 Å². The minimum Gasteiger partial charge on any atom is -0.361 e. The van der Waals surface area contributed by atoms with Crippen molar-refractivity contribution in [3.8, 4) is 0 Å². The van der Waals surface area contributed by atoms with Gasteiger partial charge in [0.05, 0.1) is 0 Å². The molecule has 1 atom stereocenters. The van der Waals surface area contributed by atoms with Crippen LogP contribution in [0.15, 0.2) is 48.7 Å². The first-order valence-electron chi connectivity index (χ1n) is 10.8. The van der Waals surface area contributed by atoms with Crippen molar-refractivity contribution >= 4 is 22.5 Å². The van der Waals surface area contributed by atoms with Gasteiger partial charge < -0.3 is 9.88 Å². The van der Waals surface area contributed by atoms with Crippen molar-refractivity contribution in [2.75, 3.05) is 13.1 Å². The van der Waals surface area contributed by atoms with Gasteiger partial charge >= 0.3 is 0 Å². The molecule has 1 aliphatic carbocycles. The minimum atomic E-state index is 0.657. The third-order valence-corrected chi connectivity index (χ3v) is 7.39. The zero-order chi connectivity index (χ0) is 19.1. The molecule has 2 aromatic carbocycles. The number of nitrogens with one attached hydrogen (secondary N) is 1. The summed E-state index contributed by atoms with van der Waals surface area (Å²) in [6.45, 7) is 4.82. The van der Waals surface area contributed by atoms with Crippen molar-refractivity contribution in [1.29, 1.82) is 0 Å². The van der Waals surface area contributed by atoms with Crippen LogP contribution in [0.1, 0.15) is 48.8 Å². The summed E-state index contributed by atoms with van der Waals surface area (Å²) < 4.78 is 0. The van der Waals surface area contributed by atoms with Crippen molar-refractivity contribution in [3.63, 3.8) is 0 Å². The number of hydrogen-bond acceptors (Lipinski definition) is 1. The fraction of sp³-hybridized carbons (Fsp3) is 0.440. The smallest absolute Gasteiger partial charge is 0.0471 e. The van der Waals surface area contributed by atoms with Gasteiger partial charge in [-0.15, -0.1) is 0 Å². The van der Waals surface area contributed by atoms with Gasteiger partial charge in [-0.25, -0.2) is 0 Å². The zero-order valence-electron chi connectivity index (χ0n) is 16.6. The molecule has 2 nitrogen and oxygen atoms in total. The molecule has 1 unspecified atom stereocenters. The SMILES string of the molecule is CCC(C1Cc2ccccc2C1)N1CCC(c2c[nH]c3cc(Cl)ccc23)CC1. The first-order valence-corrected chi connectivity index (χ1v) is 11.2. The summed E-state index contributed by atoms with van der Waals surface area (Å²) in [4.78, 5) is 6.22. The lowest BCUT2D eigenvalue weighted by atomic mass is 9.86. The van der Waals surface area contributed by atoms with E-state index in [1.54, 1.807) is 11.1 Å². The first kappa shape index (κ1) is 18.3. The number of likely N-dealkylation sites (tertiary alicyclic amines) is 1. The maximum atomic E-state index is 6.15. The molecule has 0 amide bonds. The Morgan fingerprint density at radius 2 is 1.79 bits per heavy atom. The summed E-state index contributed by atoms with van der Waals surface area (Å²) in [6.07, 6.45) is 8.51. The van der Waals surface area contributed by atoms with Crippen LogP contribution in [0.4, 0.5) is 0 Å². The molecule has 28 heavy (non-hydrogen) atoms. The highest BCUT2D eigenvalue weighted by molar-refractivity contribution is 6.31. The average molecular weight is 393 g/mol. The van der Waals surface area contributed by atoms with Crippen LogP contribution in [0.2, 0.25) is 5.02 Å². The van der Waals surface area contributed by atoms with Gasteiger partial charge in [-0.05, 0) is 85.9 Å². The normalized spacial score (nSPS) is 19.9. The molecule has 1 fully saturated rings. The van der Waals surface area contributed by atoms with E-state index in [2.05, 4.69) is 53.3 Å². The second-order valence-corrected chi connectivity index (χ2v) is 9.09. The van der Waals surface area contributed by atoms with Crippen LogP contribution in [0, 0.1) is 5.92 Å². The Labute approximate surface area is 172 Å². The Bertz CT molecular complexity index is 943. The van der Waals surface area contributed by atoms with Crippen LogP contribution in [-0.4, -0.2) is 29.0 Å². The van der Waals surface area contributed by atoms with E-state index in [1.165, 1.54) is 61.7 Å². The Hall–Kier alpha value is -1.77. The van der Waals surface area contributed by atoms with E-state index in [1.807, 2.05) is 12.1 Å². The predicted molar refractivity (Wildman–Crippen MR) is 118 cm³/mol. The van der Waals surface area contributed by atoms with Crippen LogP contribution in [0.3, 0.4) is 0 Å². The van der Waals surface area contributed by atoms with E-state index in [4.69, 9.17) is 11.6 Å². The fourth-order valence-electron chi connectivity index (χ4n) is 5.76. The molecular weight excluding hydrogens is 364 g/mol. The first-order chi connectivity index (χ1) is 13.7. The largest absolute Gasteiger partial charge is 0.361 e. The molecule has 0 saturated carbocycles. The Kier molecular flexibility index (Phi) is 4.94. The van der Waals surface area contributed by atoms with E-state index < -0.39 is 0 Å². The van der Waals surface area contributed by atoms with Crippen molar-refractivity contribution < 1.29 is 0 Å². The highest BCUT2D eigenvalue weighted by Crippen LogP contribution is 2.37. The van der Waals surface area contributed by atoms with Crippen molar-refractivity contribution in [2.24, 2.45) is 5.92 Å². The molecule has 1 aliphatic heterocycles. The van der Waals surface area contributed by atoms with Gasteiger partial charge in [-0.1, -0.05) is 48.9 Å². The number of aromatic amines is 1. The van der Waals surface area contributed by atoms with E-state index in [0.29, 0.717) is 5.92 Å². The number of hydrogen-bond donors (Lipinski definition) is 1. The minimum absolute atomic E-state index is 0.657. The van der Waals surface area contributed by atoms with E-state index >= 15 is 0 Å². The predicted octanol–water partition coefficient (Wildman–Crippen LogP) is 6.19. The van der Waals surface area contributed by atoms with Crippen LogP contribution < -0.4 is 0 Å². The van der Waals surface area contributed by atoms with E-state index in [9.17, 15) is 0 Å². The second-order valence-electron chi connectivity index (χ2n) is 8.66. The molecule has 1 N–H and O–H groups in total. The van der Waals surface area contributed by atoms with Gasteiger partial charge in [0, 0.05) is 28.2 Å². The van der Waals surface area contributed by atoms with Crippen LogP contribution in [0.5, 0.6) is 0 Å². The average Bonchev–Trinajstić information content (AvgIpc) is 3.32. The molecule has 3 heteroatoms. The molecule has 0 bridgehead atoms. The highest BCUT2D eigenvalue weighted by atomic mass is 35.5. The summed E-state index contributed by atoms with van der Waals surface area (Å²) in [5, 5.41) is 2.15. The van der Waals surface area contributed by atoms with Gasteiger partial charge in [-0.3, -0.25) is 0 Å². The third-order valence-electron chi connectivity index (χ3n) is 7.16. The van der Waals surface area contributed by atoms with Crippen molar-refractivity contribution in [2.45, 2.75) is 51.0 Å². The quantitative estimate of drug-likeness (QED) is 0.560. The zero-order valence-corrected chi connectivity index (χ0v) is 17.4. The Balaban J connectivity index is 1.27. The molecule has 1 aromatic heterocycles. The van der Waals surface area contributed by atoms with Crippen LogP contribution in [0.25, 0.3) is 10.9 Å². The lowest BCUT2D eigenvalue weighted by Crippen LogP contribution is -2.45. The molecule has 3 aromatic rings. The Morgan fingerprint density at radius 3 is 2.46 bits per heavy atom. The molecule has 0 spiro atoms. The number of fused-ring (bicyclic) bond motifs is 2. The Morgan fingerprint density at radius 1 is 1.07 bits per heavy atom. The maximum Gasteiger partial charge on any atom is 0.0471 e. The summed E-state index contributed by atoms with van der Waals surface area (Å²) in [5.41, 5.74) is 5.81. The van der Waals surface area contributed by atoms with Crippen molar-refractivity contribution in [3.05, 3.63) is 70.4 Å². The molecule has 146 valence electrons. The topological polar surface area (TPSA) is 19.0 Å². The number of aromatic nitrogens is 1. The number of piperidine rings is 1. The number of benzene rings is 2. The summed E-state index contributed by atoms with van der Waals surface area (Å²) in [6, 6.07) is 16.0. The second kappa shape index (κ2) is 7.57. The van der Waals surface area contributed by atoms with Gasteiger partial charge in [0.25, 0.3) is 0 Å².